The van der Waals surface area contributed by atoms with Crippen LogP contribution in [0.4, 0.5) is 35.9 Å². The van der Waals surface area contributed by atoms with Gasteiger partial charge in [-0.05, 0) is 18.2 Å². The van der Waals surface area contributed by atoms with Crippen LogP contribution in [0.2, 0.25) is 0 Å². The molecule has 2 aromatic rings. The number of nitro groups is 2. The lowest BCUT2D eigenvalue weighted by Crippen LogP contribution is -2.36. The number of nitrogens with one attached hydrogen (secondary N) is 1. The maximum Gasteiger partial charge on any atom is 0.418 e. The van der Waals surface area contributed by atoms with Crippen LogP contribution in [0.15, 0.2) is 36.4 Å². The molecule has 35 heavy (non-hydrogen) atoms. The first-order chi connectivity index (χ1) is 16.5. The smallest absolute Gasteiger partial charge is 0.418 e. The predicted octanol–water partition coefficient (Wildman–Crippen LogP) is 3.15. The van der Waals surface area contributed by atoms with Crippen molar-refractivity contribution >= 4 is 34.6 Å². The van der Waals surface area contributed by atoms with E-state index >= 15 is 0 Å². The van der Waals surface area contributed by atoms with Crippen molar-refractivity contribution in [1.29, 1.82) is 0 Å². The van der Waals surface area contributed by atoms with Crippen LogP contribution in [0, 0.1) is 20.2 Å². The number of anilines is 2. The third-order valence-electron chi connectivity index (χ3n) is 4.89. The van der Waals surface area contributed by atoms with E-state index < -0.39 is 51.4 Å². The summed E-state index contributed by atoms with van der Waals surface area (Å²) < 4.78 is 49.6. The van der Waals surface area contributed by atoms with Gasteiger partial charge in [-0.3, -0.25) is 25.0 Å². The van der Waals surface area contributed by atoms with Gasteiger partial charge in [-0.2, -0.15) is 13.2 Å². The molecule has 1 N–H and O–H groups in total. The van der Waals surface area contributed by atoms with Crippen LogP contribution in [0.25, 0.3) is 0 Å². The number of rotatable bonds is 7. The highest BCUT2D eigenvalue weighted by molar-refractivity contribution is 5.96. The summed E-state index contributed by atoms with van der Waals surface area (Å²) in [4.78, 5) is 46.6. The molecule has 0 aliphatic carbocycles. The van der Waals surface area contributed by atoms with Crippen LogP contribution in [0.5, 0.6) is 0 Å². The number of esters is 1. The fraction of sp³-hybridized carbons (Fsp3) is 0.300. The highest BCUT2D eigenvalue weighted by Gasteiger charge is 2.35. The Balaban J connectivity index is 1.70. The molecule has 0 radical (unpaired) electrons. The Kier molecular flexibility index (Phi) is 7.49. The first-order valence-electron chi connectivity index (χ1n) is 9.91. The first-order valence-corrected chi connectivity index (χ1v) is 9.91. The van der Waals surface area contributed by atoms with Crippen molar-refractivity contribution in [1.82, 2.24) is 0 Å². The average Bonchev–Trinajstić information content (AvgIpc) is 2.82. The lowest BCUT2D eigenvalue weighted by atomic mass is 10.1. The van der Waals surface area contributed by atoms with Crippen LogP contribution in [0.3, 0.4) is 0 Å². The monoisotopic (exact) mass is 498 g/mol. The van der Waals surface area contributed by atoms with E-state index in [1.807, 2.05) is 5.32 Å². The zero-order chi connectivity index (χ0) is 25.8. The Labute approximate surface area is 194 Å². The van der Waals surface area contributed by atoms with Crippen molar-refractivity contribution in [3.05, 3.63) is 67.8 Å². The summed E-state index contributed by atoms with van der Waals surface area (Å²) in [6.45, 7) is 0.564. The van der Waals surface area contributed by atoms with Crippen molar-refractivity contribution in [3.63, 3.8) is 0 Å². The lowest BCUT2D eigenvalue weighted by Gasteiger charge is -2.28. The van der Waals surface area contributed by atoms with Gasteiger partial charge in [0.25, 0.3) is 17.3 Å². The van der Waals surface area contributed by atoms with Crippen molar-refractivity contribution in [3.8, 4) is 0 Å². The summed E-state index contributed by atoms with van der Waals surface area (Å²) in [6.07, 6.45) is -5.01. The maximum absolute atomic E-state index is 13.2. The Morgan fingerprint density at radius 1 is 1.06 bits per heavy atom. The van der Waals surface area contributed by atoms with Gasteiger partial charge in [0.15, 0.2) is 6.61 Å². The molecule has 15 heteroatoms. The molecule has 1 aliphatic heterocycles. The second kappa shape index (κ2) is 10.3. The molecule has 12 nitrogen and oxygen atoms in total. The van der Waals surface area contributed by atoms with Crippen LogP contribution >= 0.6 is 0 Å². The number of non-ortho nitro benzene ring substituents is 1. The Hall–Kier alpha value is -4.27. The molecule has 0 bridgehead atoms. The molecule has 0 spiro atoms. The fourth-order valence-electron chi connectivity index (χ4n) is 3.26. The van der Waals surface area contributed by atoms with Crippen LogP contribution < -0.4 is 10.2 Å². The molecule has 186 valence electrons. The Morgan fingerprint density at radius 3 is 2.34 bits per heavy atom. The van der Waals surface area contributed by atoms with Crippen LogP contribution in [-0.4, -0.2) is 54.6 Å². The van der Waals surface area contributed by atoms with Gasteiger partial charge < -0.3 is 19.7 Å². The molecule has 0 atom stereocenters. The number of ether oxygens (including phenoxy) is 2. The maximum atomic E-state index is 13.2. The van der Waals surface area contributed by atoms with Gasteiger partial charge in [-0.1, -0.05) is 0 Å². The van der Waals surface area contributed by atoms with Crippen molar-refractivity contribution in [2.45, 2.75) is 6.18 Å². The van der Waals surface area contributed by atoms with E-state index in [-0.39, 0.29) is 23.0 Å². The molecule has 1 saturated heterocycles. The van der Waals surface area contributed by atoms with Gasteiger partial charge in [0.05, 0.1) is 39.9 Å². The van der Waals surface area contributed by atoms with E-state index in [0.29, 0.717) is 32.4 Å². The summed E-state index contributed by atoms with van der Waals surface area (Å²) in [5.74, 6) is -2.27. The third kappa shape index (κ3) is 6.20. The Morgan fingerprint density at radius 2 is 1.74 bits per heavy atom. The topological polar surface area (TPSA) is 154 Å². The van der Waals surface area contributed by atoms with Gasteiger partial charge in [0.2, 0.25) is 0 Å². The quantitative estimate of drug-likeness (QED) is 0.344. The predicted molar refractivity (Wildman–Crippen MR) is 113 cm³/mol. The second-order valence-corrected chi connectivity index (χ2v) is 7.17. The zero-order valence-electron chi connectivity index (χ0n) is 17.7. The minimum Gasteiger partial charge on any atom is -0.452 e. The van der Waals surface area contributed by atoms with E-state index in [1.165, 1.54) is 12.1 Å². The van der Waals surface area contributed by atoms with Crippen molar-refractivity contribution < 1.29 is 42.1 Å². The van der Waals surface area contributed by atoms with Crippen molar-refractivity contribution in [2.75, 3.05) is 43.1 Å². The zero-order valence-corrected chi connectivity index (χ0v) is 17.7. The highest BCUT2D eigenvalue weighted by atomic mass is 19.4. The second-order valence-electron chi connectivity index (χ2n) is 7.17. The number of nitro benzene ring substituents is 2. The summed E-state index contributed by atoms with van der Waals surface area (Å²) >= 11 is 0. The number of alkyl halides is 3. The summed E-state index contributed by atoms with van der Waals surface area (Å²) in [7, 11) is 0. The summed E-state index contributed by atoms with van der Waals surface area (Å²) in [6, 6.07) is 5.32. The molecular weight excluding hydrogens is 481 g/mol. The van der Waals surface area contributed by atoms with E-state index in [1.54, 1.807) is 4.90 Å². The minimum atomic E-state index is -5.01. The number of hydrogen-bond donors (Lipinski definition) is 1. The molecule has 0 saturated carbocycles. The molecule has 0 unspecified atom stereocenters. The molecule has 1 aliphatic rings. The normalized spacial score (nSPS) is 13.7. The number of carbonyl (C=O) groups is 2. The van der Waals surface area contributed by atoms with Crippen LogP contribution in [-0.2, 0) is 20.4 Å². The van der Waals surface area contributed by atoms with Gasteiger partial charge in [0.1, 0.15) is 5.69 Å². The molecular formula is C20H17F3N4O8. The van der Waals surface area contributed by atoms with E-state index in [9.17, 15) is 43.0 Å². The fourth-order valence-corrected chi connectivity index (χ4v) is 3.26. The van der Waals surface area contributed by atoms with E-state index in [0.717, 1.165) is 12.1 Å². The number of benzene rings is 2. The van der Waals surface area contributed by atoms with E-state index in [4.69, 9.17) is 9.47 Å². The number of nitrogens with zero attached hydrogens (tertiary/aromatic N) is 3. The molecule has 1 amide bonds. The largest absolute Gasteiger partial charge is 0.452 e. The Bertz CT molecular complexity index is 1170. The lowest BCUT2D eigenvalue weighted by molar-refractivity contribution is -0.385. The number of carbonyl (C=O) groups excluding carboxylic acids is 2. The number of morpholine rings is 1. The summed E-state index contributed by atoms with van der Waals surface area (Å²) in [5, 5.41) is 24.1. The average molecular weight is 498 g/mol. The number of halogens is 3. The van der Waals surface area contributed by atoms with Gasteiger partial charge in [-0.15, -0.1) is 0 Å². The highest BCUT2D eigenvalue weighted by Crippen LogP contribution is 2.37. The minimum absolute atomic E-state index is 0.243. The molecule has 2 aromatic carbocycles. The molecule has 1 heterocycles. The number of amides is 1. The van der Waals surface area contributed by atoms with Gasteiger partial charge in [-0.25, -0.2) is 4.79 Å². The van der Waals surface area contributed by atoms with Crippen molar-refractivity contribution in [2.24, 2.45) is 0 Å². The SMILES string of the molecule is O=C(COC(=O)c1ccc(N2CCOCC2)c([N+](=O)[O-])c1)Nc1ccc([N+](=O)[O-])cc1C(F)(F)F. The van der Waals surface area contributed by atoms with Gasteiger partial charge in [0, 0.05) is 31.3 Å². The summed E-state index contributed by atoms with van der Waals surface area (Å²) in [5.41, 5.74) is -3.40. The third-order valence-corrected chi connectivity index (χ3v) is 4.89. The van der Waals surface area contributed by atoms with Crippen LogP contribution in [0.1, 0.15) is 15.9 Å². The van der Waals surface area contributed by atoms with Gasteiger partial charge >= 0.3 is 12.1 Å². The number of hydrogen-bond acceptors (Lipinski definition) is 9. The molecule has 1 fully saturated rings. The van der Waals surface area contributed by atoms with E-state index in [2.05, 4.69) is 0 Å². The molecule has 3 rings (SSSR count). The standard InChI is InChI=1S/C20H17F3N4O8/c21-20(22,23)14-10-13(26(30)31)2-3-15(14)24-18(28)11-35-19(29)12-1-4-16(17(9-12)27(32)33)25-5-7-34-8-6-25/h1-4,9-10H,5-8,11H2,(H,24,28). The first kappa shape index (κ1) is 25.4. The molecule has 0 aromatic heterocycles.